The molecule has 0 unspecified atom stereocenters. The number of hydrogen-bond donors (Lipinski definition) is 1. The summed E-state index contributed by atoms with van der Waals surface area (Å²) in [7, 11) is 1.52. The van der Waals surface area contributed by atoms with Gasteiger partial charge in [-0.1, -0.05) is 59.2 Å². The van der Waals surface area contributed by atoms with E-state index in [2.05, 4.69) is 27.6 Å². The van der Waals surface area contributed by atoms with Gasteiger partial charge < -0.3 is 19.3 Å². The van der Waals surface area contributed by atoms with Crippen LogP contribution in [0.4, 0.5) is 0 Å². The molecule has 3 aromatic rings. The third kappa shape index (κ3) is 7.01. The Morgan fingerprint density at radius 1 is 1.10 bits per heavy atom. The number of aliphatic imine (C=N–C) groups is 1. The Morgan fingerprint density at radius 2 is 1.85 bits per heavy atom. The van der Waals surface area contributed by atoms with Crippen molar-refractivity contribution < 1.29 is 28.9 Å². The van der Waals surface area contributed by atoms with Gasteiger partial charge >= 0.3 is 5.97 Å². The molecule has 1 aliphatic rings. The predicted molar refractivity (Wildman–Crippen MR) is 167 cm³/mol. The minimum absolute atomic E-state index is 0.0533. The second-order valence-electron chi connectivity index (χ2n) is 8.20. The third-order valence-electron chi connectivity index (χ3n) is 5.53. The van der Waals surface area contributed by atoms with E-state index in [1.54, 1.807) is 67.6 Å². The monoisotopic (exact) mass is 709 g/mol. The smallest absolute Gasteiger partial charge is 0.344 e. The number of aliphatic hydroxyl groups excluding tert-OH is 1. The van der Waals surface area contributed by atoms with Gasteiger partial charge in [0, 0.05) is 21.2 Å². The number of nitrogens with zero attached hydrogens (tertiary/aromatic N) is 1. The number of carbonyl (C=O) groups is 2. The largest absolute Gasteiger partial charge is 0.506 e. The molecule has 0 radical (unpaired) electrons. The van der Waals surface area contributed by atoms with Crippen molar-refractivity contribution in [2.75, 3.05) is 13.7 Å². The van der Waals surface area contributed by atoms with Crippen molar-refractivity contribution in [3.63, 3.8) is 0 Å². The number of halogens is 3. The molecule has 206 valence electrons. The Balaban J connectivity index is 1.65. The van der Waals surface area contributed by atoms with Crippen LogP contribution in [0, 0.1) is 3.57 Å². The zero-order valence-electron chi connectivity index (χ0n) is 21.2. The van der Waals surface area contributed by atoms with Gasteiger partial charge in [0.15, 0.2) is 11.5 Å². The summed E-state index contributed by atoms with van der Waals surface area (Å²) in [5.41, 5.74) is 1.61. The number of rotatable bonds is 8. The third-order valence-corrected chi connectivity index (χ3v) is 7.94. The molecule has 40 heavy (non-hydrogen) atoms. The fourth-order valence-electron chi connectivity index (χ4n) is 3.63. The van der Waals surface area contributed by atoms with Crippen LogP contribution >= 0.6 is 57.6 Å². The van der Waals surface area contributed by atoms with Crippen molar-refractivity contribution in [3.05, 3.63) is 107 Å². The van der Waals surface area contributed by atoms with Gasteiger partial charge in [0.2, 0.25) is 0 Å². The zero-order chi connectivity index (χ0) is 28.8. The summed E-state index contributed by atoms with van der Waals surface area (Å²) in [4.78, 5) is 29.9. The average Bonchev–Trinajstić information content (AvgIpc) is 3.23. The van der Waals surface area contributed by atoms with Gasteiger partial charge in [-0.3, -0.25) is 4.79 Å². The topological polar surface area (TPSA) is 94.4 Å². The van der Waals surface area contributed by atoms with Gasteiger partial charge in [-0.2, -0.15) is 0 Å². The second kappa shape index (κ2) is 13.6. The van der Waals surface area contributed by atoms with Crippen molar-refractivity contribution in [1.82, 2.24) is 0 Å². The van der Waals surface area contributed by atoms with Gasteiger partial charge in [0.05, 0.1) is 22.2 Å². The summed E-state index contributed by atoms with van der Waals surface area (Å²) in [5, 5.41) is 12.1. The van der Waals surface area contributed by atoms with Crippen LogP contribution < -0.4 is 9.47 Å². The minimum Gasteiger partial charge on any atom is -0.506 e. The fourth-order valence-corrected chi connectivity index (χ4v) is 5.89. The SMILES string of the molecule is CCOC(=O)C1=C(O)/C(=C/c2cc(I)c(OCc3ccc(Cl)cc3Cl)c(OC)c2)SC1=NC(=O)c1ccccc1. The Labute approximate surface area is 259 Å². The van der Waals surface area contributed by atoms with Gasteiger partial charge in [-0.25, -0.2) is 9.79 Å². The first-order valence-electron chi connectivity index (χ1n) is 11.8. The lowest BCUT2D eigenvalue weighted by Crippen LogP contribution is -2.14. The maximum absolute atomic E-state index is 12.7. The van der Waals surface area contributed by atoms with E-state index < -0.39 is 11.9 Å². The molecule has 0 saturated carbocycles. The number of esters is 1. The van der Waals surface area contributed by atoms with Crippen LogP contribution in [-0.2, 0) is 16.1 Å². The van der Waals surface area contributed by atoms with Crippen LogP contribution in [0.25, 0.3) is 6.08 Å². The molecule has 0 aliphatic carbocycles. The standard InChI is InChI=1S/C29H22Cl2INO6S/c1-3-38-29(36)24-25(34)23(40-28(24)33-27(35)17-7-5-4-6-8-17)13-16-11-21(32)26(22(12-16)37-2)39-15-18-9-10-19(30)14-20(18)31/h4-14,34H,3,15H2,1-2H3/b23-13-,33-28?. The minimum atomic E-state index is -0.771. The van der Waals surface area contributed by atoms with Crippen LogP contribution in [0.5, 0.6) is 11.5 Å². The molecule has 7 nitrogen and oxygen atoms in total. The number of methoxy groups -OCH3 is 1. The number of benzene rings is 3. The Hall–Kier alpha value is -2.99. The molecular weight excluding hydrogens is 688 g/mol. The van der Waals surface area contributed by atoms with Gasteiger partial charge in [0.25, 0.3) is 5.91 Å². The molecule has 0 saturated heterocycles. The molecule has 1 aliphatic heterocycles. The highest BCUT2D eigenvalue weighted by molar-refractivity contribution is 14.1. The fraction of sp³-hybridized carbons (Fsp3) is 0.138. The number of ether oxygens (including phenoxy) is 3. The highest BCUT2D eigenvalue weighted by Crippen LogP contribution is 2.41. The maximum Gasteiger partial charge on any atom is 0.344 e. The van der Waals surface area contributed by atoms with E-state index in [0.29, 0.717) is 37.6 Å². The van der Waals surface area contributed by atoms with E-state index in [-0.39, 0.29) is 29.6 Å². The number of thioether (sulfide) groups is 1. The summed E-state index contributed by atoms with van der Waals surface area (Å²) in [6, 6.07) is 17.2. The summed E-state index contributed by atoms with van der Waals surface area (Å²) < 4.78 is 17.5. The first-order valence-corrected chi connectivity index (χ1v) is 14.5. The van der Waals surface area contributed by atoms with Crippen LogP contribution in [0.3, 0.4) is 0 Å². The molecule has 3 aromatic carbocycles. The number of carbonyl (C=O) groups excluding carboxylic acids is 2. The summed E-state index contributed by atoms with van der Waals surface area (Å²) >= 11 is 15.4. The Bertz CT molecular complexity index is 1560. The molecule has 11 heteroatoms. The summed E-state index contributed by atoms with van der Waals surface area (Å²) in [5.74, 6) is -0.674. The summed E-state index contributed by atoms with van der Waals surface area (Å²) in [6.45, 7) is 1.94. The van der Waals surface area contributed by atoms with E-state index in [1.165, 1.54) is 7.11 Å². The zero-order valence-corrected chi connectivity index (χ0v) is 25.7. The molecule has 0 spiro atoms. The molecule has 0 fully saturated rings. The van der Waals surface area contributed by atoms with Gasteiger partial charge in [0.1, 0.15) is 23.0 Å². The van der Waals surface area contributed by atoms with Crippen molar-refractivity contribution in [2.24, 2.45) is 4.99 Å². The molecule has 4 rings (SSSR count). The average molecular weight is 710 g/mol. The Kier molecular flexibility index (Phi) is 10.2. The van der Waals surface area contributed by atoms with Gasteiger partial charge in [-0.05, 0) is 77.6 Å². The molecule has 0 atom stereocenters. The first-order chi connectivity index (χ1) is 19.2. The maximum atomic E-state index is 12.7. The highest BCUT2D eigenvalue weighted by atomic mass is 127. The first kappa shape index (κ1) is 30.0. The van der Waals surface area contributed by atoms with Crippen molar-refractivity contribution >= 4 is 80.6 Å². The molecule has 1 amide bonds. The summed E-state index contributed by atoms with van der Waals surface area (Å²) in [6.07, 6.45) is 1.67. The van der Waals surface area contributed by atoms with Crippen molar-refractivity contribution in [1.29, 1.82) is 0 Å². The van der Waals surface area contributed by atoms with Crippen LogP contribution in [0.15, 0.2) is 81.9 Å². The van der Waals surface area contributed by atoms with E-state index in [4.69, 9.17) is 37.4 Å². The van der Waals surface area contributed by atoms with Gasteiger partial charge in [-0.15, -0.1) is 0 Å². The van der Waals surface area contributed by atoms with E-state index in [0.717, 1.165) is 20.9 Å². The van der Waals surface area contributed by atoms with E-state index in [9.17, 15) is 14.7 Å². The number of aliphatic hydroxyl groups is 1. The molecule has 1 heterocycles. The number of hydrogen-bond acceptors (Lipinski definition) is 7. The lowest BCUT2D eigenvalue weighted by Gasteiger charge is -2.14. The predicted octanol–water partition coefficient (Wildman–Crippen LogP) is 7.89. The lowest BCUT2D eigenvalue weighted by molar-refractivity contribution is -0.138. The normalized spacial score (nSPS) is 15.0. The van der Waals surface area contributed by atoms with Crippen LogP contribution in [0.2, 0.25) is 10.0 Å². The number of amides is 1. The lowest BCUT2D eigenvalue weighted by atomic mass is 10.1. The van der Waals surface area contributed by atoms with Crippen molar-refractivity contribution in [3.8, 4) is 11.5 Å². The van der Waals surface area contributed by atoms with E-state index >= 15 is 0 Å². The van der Waals surface area contributed by atoms with Crippen LogP contribution in [-0.4, -0.2) is 35.7 Å². The quantitative estimate of drug-likeness (QED) is 0.188. The Morgan fingerprint density at radius 3 is 2.52 bits per heavy atom. The highest BCUT2D eigenvalue weighted by Gasteiger charge is 2.34. The van der Waals surface area contributed by atoms with Crippen LogP contribution in [0.1, 0.15) is 28.4 Å². The van der Waals surface area contributed by atoms with E-state index in [1.807, 2.05) is 6.07 Å². The molecule has 1 N–H and O–H groups in total. The molecule has 0 aromatic heterocycles. The van der Waals surface area contributed by atoms with Crippen molar-refractivity contribution in [2.45, 2.75) is 13.5 Å². The molecular formula is C29H22Cl2INO6S. The second-order valence-corrected chi connectivity index (χ2v) is 11.2. The molecule has 0 bridgehead atoms.